The van der Waals surface area contributed by atoms with Crippen LogP contribution in [0.2, 0.25) is 0 Å². The first-order valence-electron chi connectivity index (χ1n) is 13.4. The third-order valence-electron chi connectivity index (χ3n) is 7.34. The van der Waals surface area contributed by atoms with Gasteiger partial charge in [-0.2, -0.15) is 4.98 Å². The van der Waals surface area contributed by atoms with Crippen LogP contribution in [-0.4, -0.2) is 43.2 Å². The number of hydrogen-bond donors (Lipinski definition) is 2. The zero-order valence-corrected chi connectivity index (χ0v) is 22.2. The third kappa shape index (κ3) is 6.94. The summed E-state index contributed by atoms with van der Waals surface area (Å²) in [6, 6.07) is 17.9. The molecule has 0 aliphatic heterocycles. The summed E-state index contributed by atoms with van der Waals surface area (Å²) in [5.74, 6) is 3.74. The van der Waals surface area contributed by atoms with E-state index < -0.39 is 0 Å². The predicted molar refractivity (Wildman–Crippen MR) is 150 cm³/mol. The maximum absolute atomic E-state index is 4.82. The van der Waals surface area contributed by atoms with Crippen molar-refractivity contribution in [2.24, 2.45) is 11.8 Å². The fourth-order valence-corrected chi connectivity index (χ4v) is 5.21. The molecule has 5 nitrogen and oxygen atoms in total. The van der Waals surface area contributed by atoms with Gasteiger partial charge in [0.1, 0.15) is 5.82 Å². The zero-order chi connectivity index (χ0) is 24.8. The number of fused-ring (bicyclic) bond motifs is 1. The fraction of sp³-hybridized carbons (Fsp3) is 0.533. The average Bonchev–Trinajstić information content (AvgIpc) is 2.85. The van der Waals surface area contributed by atoms with Gasteiger partial charge in [0.05, 0.1) is 5.52 Å². The van der Waals surface area contributed by atoms with E-state index in [4.69, 9.17) is 9.97 Å². The third-order valence-corrected chi connectivity index (χ3v) is 7.34. The molecule has 3 aromatic rings. The number of para-hydroxylation sites is 1. The molecule has 2 aromatic carbocycles. The number of benzene rings is 2. The molecular formula is C30H43N5. The van der Waals surface area contributed by atoms with Gasteiger partial charge in [-0.3, -0.25) is 0 Å². The van der Waals surface area contributed by atoms with E-state index in [9.17, 15) is 0 Å². The van der Waals surface area contributed by atoms with Gasteiger partial charge < -0.3 is 15.5 Å². The van der Waals surface area contributed by atoms with E-state index in [0.717, 1.165) is 48.1 Å². The first-order valence-corrected chi connectivity index (χ1v) is 13.4. The molecule has 1 fully saturated rings. The van der Waals surface area contributed by atoms with Gasteiger partial charge in [-0.15, -0.1) is 0 Å². The van der Waals surface area contributed by atoms with Crippen molar-refractivity contribution in [1.82, 2.24) is 15.3 Å². The number of aromatic nitrogens is 2. The Bertz CT molecular complexity index is 1070. The summed E-state index contributed by atoms with van der Waals surface area (Å²) in [6.45, 7) is 9.07. The van der Waals surface area contributed by atoms with Crippen LogP contribution >= 0.6 is 0 Å². The Hall–Kier alpha value is -2.66. The first-order chi connectivity index (χ1) is 16.9. The summed E-state index contributed by atoms with van der Waals surface area (Å²) in [5.41, 5.74) is 3.87. The van der Waals surface area contributed by atoms with E-state index in [0.29, 0.717) is 17.9 Å². The molecule has 35 heavy (non-hydrogen) atoms. The number of anilines is 2. The molecular weight excluding hydrogens is 430 g/mol. The fourth-order valence-electron chi connectivity index (χ4n) is 5.21. The van der Waals surface area contributed by atoms with Gasteiger partial charge in [-0.25, -0.2) is 4.98 Å². The van der Waals surface area contributed by atoms with Crippen molar-refractivity contribution in [3.05, 3.63) is 59.7 Å². The molecule has 188 valence electrons. The molecule has 0 spiro atoms. The molecule has 1 aliphatic rings. The van der Waals surface area contributed by atoms with Crippen LogP contribution in [0.5, 0.6) is 0 Å². The SMILES string of the molecule is CC(CNC[C@H]1CC[C@@H](Nc2nc(N(C)C)c3ccccc3n2)CC1)Cc1ccc(C(C)C)cc1. The number of hydrogen-bond acceptors (Lipinski definition) is 5. The Morgan fingerprint density at radius 1 is 0.914 bits per heavy atom. The Balaban J connectivity index is 1.20. The van der Waals surface area contributed by atoms with Gasteiger partial charge in [0.2, 0.25) is 5.95 Å². The van der Waals surface area contributed by atoms with Crippen LogP contribution in [0.4, 0.5) is 11.8 Å². The second kappa shape index (κ2) is 11.9. The molecule has 0 radical (unpaired) electrons. The lowest BCUT2D eigenvalue weighted by molar-refractivity contribution is 0.318. The topological polar surface area (TPSA) is 53.1 Å². The van der Waals surface area contributed by atoms with Crippen LogP contribution in [-0.2, 0) is 6.42 Å². The van der Waals surface area contributed by atoms with Crippen LogP contribution in [0.1, 0.15) is 63.5 Å². The minimum absolute atomic E-state index is 0.454. The molecule has 1 unspecified atom stereocenters. The molecule has 4 rings (SSSR count). The van der Waals surface area contributed by atoms with Gasteiger partial charge in [0.15, 0.2) is 0 Å². The van der Waals surface area contributed by atoms with Crippen molar-refractivity contribution in [3.8, 4) is 0 Å². The summed E-state index contributed by atoms with van der Waals surface area (Å²) in [5, 5.41) is 8.49. The minimum atomic E-state index is 0.454. The van der Waals surface area contributed by atoms with Gasteiger partial charge in [0.25, 0.3) is 0 Å². The van der Waals surface area contributed by atoms with Crippen LogP contribution in [0.25, 0.3) is 10.9 Å². The van der Waals surface area contributed by atoms with Gasteiger partial charge in [-0.05, 0) is 86.2 Å². The highest BCUT2D eigenvalue weighted by molar-refractivity contribution is 5.90. The van der Waals surface area contributed by atoms with E-state index in [1.54, 1.807) is 0 Å². The molecule has 2 N–H and O–H groups in total. The van der Waals surface area contributed by atoms with Crippen molar-refractivity contribution >= 4 is 22.7 Å². The lowest BCUT2D eigenvalue weighted by Crippen LogP contribution is -2.33. The molecule has 1 aromatic heterocycles. The lowest BCUT2D eigenvalue weighted by atomic mass is 9.86. The normalized spacial score (nSPS) is 19.1. The first kappa shape index (κ1) is 25.4. The van der Waals surface area contributed by atoms with Crippen molar-refractivity contribution in [2.75, 3.05) is 37.4 Å². The quantitative estimate of drug-likeness (QED) is 0.364. The van der Waals surface area contributed by atoms with Crippen LogP contribution in [0.15, 0.2) is 48.5 Å². The summed E-state index contributed by atoms with van der Waals surface area (Å²) in [4.78, 5) is 11.7. The molecule has 0 saturated heterocycles. The number of nitrogens with one attached hydrogen (secondary N) is 2. The summed E-state index contributed by atoms with van der Waals surface area (Å²) in [6.07, 6.45) is 6.01. The second-order valence-electron chi connectivity index (χ2n) is 11.0. The standard InChI is InChI=1S/C30H43N5/c1-21(2)25-14-10-23(11-15-25)18-22(3)19-31-20-24-12-16-26(17-13-24)32-30-33-28-9-7-6-8-27(28)29(34-30)35(4)5/h6-11,14-15,21-22,24,26,31H,12-13,16-20H2,1-5H3,(H,32,33,34)/t22?,24-,26+. The summed E-state index contributed by atoms with van der Waals surface area (Å²) < 4.78 is 0. The van der Waals surface area contributed by atoms with Crippen molar-refractivity contribution < 1.29 is 0 Å². The minimum Gasteiger partial charge on any atom is -0.362 e. The zero-order valence-electron chi connectivity index (χ0n) is 22.2. The number of nitrogens with zero attached hydrogens (tertiary/aromatic N) is 3. The smallest absolute Gasteiger partial charge is 0.225 e. The van der Waals surface area contributed by atoms with Crippen molar-refractivity contribution in [1.29, 1.82) is 0 Å². The Kier molecular flexibility index (Phi) is 8.61. The van der Waals surface area contributed by atoms with Gasteiger partial charge in [-0.1, -0.05) is 57.2 Å². The second-order valence-corrected chi connectivity index (χ2v) is 11.0. The summed E-state index contributed by atoms with van der Waals surface area (Å²) in [7, 11) is 4.08. The van der Waals surface area contributed by atoms with Gasteiger partial charge >= 0.3 is 0 Å². The van der Waals surface area contributed by atoms with Crippen LogP contribution < -0.4 is 15.5 Å². The van der Waals surface area contributed by atoms with E-state index in [1.807, 2.05) is 26.2 Å². The Morgan fingerprint density at radius 3 is 2.31 bits per heavy atom. The maximum Gasteiger partial charge on any atom is 0.225 e. The van der Waals surface area contributed by atoms with E-state index >= 15 is 0 Å². The predicted octanol–water partition coefficient (Wildman–Crippen LogP) is 6.26. The monoisotopic (exact) mass is 473 g/mol. The van der Waals surface area contributed by atoms with Crippen molar-refractivity contribution in [2.45, 2.75) is 64.8 Å². The Labute approximate surface area is 211 Å². The molecule has 0 amide bonds. The van der Waals surface area contributed by atoms with Crippen LogP contribution in [0.3, 0.4) is 0 Å². The highest BCUT2D eigenvalue weighted by Crippen LogP contribution is 2.28. The average molecular weight is 474 g/mol. The molecule has 5 heteroatoms. The maximum atomic E-state index is 4.82. The Morgan fingerprint density at radius 2 is 1.63 bits per heavy atom. The molecule has 1 aliphatic carbocycles. The number of rotatable bonds is 10. The van der Waals surface area contributed by atoms with Crippen LogP contribution in [0, 0.1) is 11.8 Å². The highest BCUT2D eigenvalue weighted by atomic mass is 15.2. The van der Waals surface area contributed by atoms with E-state index in [1.165, 1.54) is 36.8 Å². The molecule has 1 atom stereocenters. The summed E-state index contributed by atoms with van der Waals surface area (Å²) >= 11 is 0. The molecule has 1 saturated carbocycles. The highest BCUT2D eigenvalue weighted by Gasteiger charge is 2.22. The van der Waals surface area contributed by atoms with E-state index in [-0.39, 0.29) is 0 Å². The van der Waals surface area contributed by atoms with Crippen molar-refractivity contribution in [3.63, 3.8) is 0 Å². The lowest BCUT2D eigenvalue weighted by Gasteiger charge is -2.30. The van der Waals surface area contributed by atoms with E-state index in [2.05, 4.69) is 72.7 Å². The van der Waals surface area contributed by atoms with Gasteiger partial charge in [0, 0.05) is 25.5 Å². The molecule has 0 bridgehead atoms. The largest absolute Gasteiger partial charge is 0.362 e. The molecule has 1 heterocycles.